The fraction of sp³-hybridized carbons (Fsp3) is 0.367. The maximum absolute atomic E-state index is 16.0. The zero-order valence-corrected chi connectivity index (χ0v) is 27.2. The van der Waals surface area contributed by atoms with Gasteiger partial charge in [-0.3, -0.25) is 14.5 Å². The number of methoxy groups -OCH3 is 1. The summed E-state index contributed by atoms with van der Waals surface area (Å²) in [6.45, 7) is 0.101. The molecule has 9 nitrogen and oxygen atoms in total. The van der Waals surface area contributed by atoms with Crippen molar-refractivity contribution in [3.63, 3.8) is 0 Å². The van der Waals surface area contributed by atoms with Gasteiger partial charge in [0.05, 0.1) is 29.4 Å². The molecule has 46 heavy (non-hydrogen) atoms. The minimum absolute atomic E-state index is 0.000600. The van der Waals surface area contributed by atoms with Crippen LogP contribution in [0.1, 0.15) is 52.0 Å². The van der Waals surface area contributed by atoms with Gasteiger partial charge in [-0.2, -0.15) is 8.78 Å². The Labute approximate surface area is 280 Å². The van der Waals surface area contributed by atoms with E-state index >= 15 is 4.39 Å². The highest BCUT2D eigenvalue weighted by Crippen LogP contribution is 2.45. The van der Waals surface area contributed by atoms with Gasteiger partial charge in [-0.05, 0) is 60.2 Å². The number of aliphatic hydroxyl groups excluding tert-OH is 1. The fourth-order valence-corrected chi connectivity index (χ4v) is 7.56. The van der Waals surface area contributed by atoms with Crippen molar-refractivity contribution in [2.45, 2.75) is 60.2 Å². The van der Waals surface area contributed by atoms with Crippen LogP contribution in [0.2, 0.25) is 10.0 Å². The van der Waals surface area contributed by atoms with Crippen LogP contribution in [0, 0.1) is 5.82 Å². The first kappa shape index (κ1) is 32.8. The summed E-state index contributed by atoms with van der Waals surface area (Å²) in [6.07, 6.45) is 2.52. The molecule has 0 radical (unpaired) electrons. The third-order valence-electron chi connectivity index (χ3n) is 8.16. The van der Waals surface area contributed by atoms with Gasteiger partial charge in [0, 0.05) is 47.6 Å². The molecule has 3 aliphatic rings. The van der Waals surface area contributed by atoms with Gasteiger partial charge in [-0.25, -0.2) is 9.18 Å². The van der Waals surface area contributed by atoms with Crippen molar-refractivity contribution in [1.82, 2.24) is 14.8 Å². The van der Waals surface area contributed by atoms with E-state index in [4.69, 9.17) is 39.5 Å². The number of halogens is 6. The number of anilines is 1. The Bertz CT molecular complexity index is 1820. The number of hydrogen-bond acceptors (Lipinski definition) is 6. The van der Waals surface area contributed by atoms with Gasteiger partial charge in [-0.1, -0.05) is 41.0 Å². The lowest BCUT2D eigenvalue weighted by atomic mass is 10.1. The molecule has 6 rings (SSSR count). The largest absolute Gasteiger partial charge is 0.492 e. The molecule has 0 atom stereocenters. The van der Waals surface area contributed by atoms with Crippen LogP contribution in [0.3, 0.4) is 0 Å². The summed E-state index contributed by atoms with van der Waals surface area (Å²) in [5.74, 6) is -1.78. The zero-order valence-electron chi connectivity index (χ0n) is 24.1. The lowest BCUT2D eigenvalue weighted by Gasteiger charge is -2.36. The topological polar surface area (TPSA) is 106 Å². The van der Waals surface area contributed by atoms with Gasteiger partial charge in [0.1, 0.15) is 11.3 Å². The molecule has 2 aromatic carbocycles. The van der Waals surface area contributed by atoms with Crippen LogP contribution in [0.25, 0.3) is 0 Å². The second kappa shape index (κ2) is 12.5. The summed E-state index contributed by atoms with van der Waals surface area (Å²) in [5.41, 5.74) is -1.62. The van der Waals surface area contributed by atoms with E-state index in [1.54, 1.807) is 11.0 Å². The van der Waals surface area contributed by atoms with Crippen LogP contribution in [-0.4, -0.2) is 58.1 Å². The average molecular weight is 718 g/mol. The molecule has 2 fully saturated rings. The van der Waals surface area contributed by atoms with E-state index in [0.717, 1.165) is 18.9 Å². The zero-order chi connectivity index (χ0) is 33.1. The summed E-state index contributed by atoms with van der Waals surface area (Å²) in [6, 6.07) is 5.27. The molecule has 1 saturated carbocycles. The van der Waals surface area contributed by atoms with E-state index in [2.05, 4.69) is 0 Å². The van der Waals surface area contributed by atoms with E-state index in [9.17, 15) is 28.3 Å². The van der Waals surface area contributed by atoms with Crippen molar-refractivity contribution in [2.24, 2.45) is 0 Å². The minimum atomic E-state index is -3.99. The van der Waals surface area contributed by atoms with Gasteiger partial charge < -0.3 is 24.6 Å². The molecule has 244 valence electrons. The number of aliphatic hydroxyl groups is 1. The molecule has 2 N–H and O–H groups in total. The fourth-order valence-electron chi connectivity index (χ4n) is 5.73. The lowest BCUT2D eigenvalue weighted by molar-refractivity contribution is 0.0739. The number of carbonyl (C=O) groups excluding carboxylic acids is 2. The molecule has 1 saturated heterocycles. The van der Waals surface area contributed by atoms with E-state index < -0.39 is 40.5 Å². The number of rotatable bonds is 8. The summed E-state index contributed by atoms with van der Waals surface area (Å²) in [7, 11) is 1.29. The highest BCUT2D eigenvalue weighted by molar-refractivity contribution is 7.99. The Morgan fingerprint density at radius 1 is 1.17 bits per heavy atom. The Morgan fingerprint density at radius 2 is 1.91 bits per heavy atom. The van der Waals surface area contributed by atoms with Gasteiger partial charge in [0.25, 0.3) is 11.5 Å². The molecule has 0 unspecified atom stereocenters. The maximum atomic E-state index is 16.0. The van der Waals surface area contributed by atoms with Crippen LogP contribution in [-0.2, 0) is 25.1 Å². The number of aromatic nitrogens is 1. The number of ether oxygens (including phenoxy) is 1. The van der Waals surface area contributed by atoms with Crippen LogP contribution in [0.15, 0.2) is 38.9 Å². The number of urea groups is 1. The number of H-pyrrole nitrogens is 1. The van der Waals surface area contributed by atoms with Crippen LogP contribution in [0.5, 0.6) is 5.75 Å². The standard InChI is InChI=1S/C30H26Cl3F3N4O5S/c1-45-25-19(40-8-2-7-39(29(40)44)16-4-5-16)9-15-11-38(12-17(15)24(25)34)28(43)22-20(10-21(30(33,35)36)37-27(22)42)46-26-18(31)6-3-14(13-41)23(26)32/h3,6,9-10,16,41H,2,4-5,7-8,11-13H2,1H3,(H,37,42). The molecule has 0 spiro atoms. The normalized spacial score (nSPS) is 16.7. The Kier molecular flexibility index (Phi) is 8.92. The van der Waals surface area contributed by atoms with Crippen molar-refractivity contribution < 1.29 is 32.6 Å². The first-order chi connectivity index (χ1) is 21.8. The Balaban J connectivity index is 1.37. The molecular weight excluding hydrogens is 692 g/mol. The smallest absolute Gasteiger partial charge is 0.362 e. The van der Waals surface area contributed by atoms with Crippen LogP contribution < -0.4 is 15.2 Å². The van der Waals surface area contributed by atoms with Crippen molar-refractivity contribution in [3.8, 4) is 5.75 Å². The van der Waals surface area contributed by atoms with E-state index in [0.29, 0.717) is 36.8 Å². The number of fused-ring (bicyclic) bond motifs is 1. The molecule has 0 bridgehead atoms. The van der Waals surface area contributed by atoms with Crippen LogP contribution in [0.4, 0.5) is 23.7 Å². The SMILES string of the molecule is COc1c(N2CCCN(C3CC3)C2=O)cc2c(c1F)CN(C(=O)c1c(Sc3c(Cl)ccc(CO)c3Cl)cc(C(F)(F)Cl)[nH]c1=O)C2. The number of alkyl halides is 3. The van der Waals surface area contributed by atoms with E-state index in [-0.39, 0.29) is 67.6 Å². The van der Waals surface area contributed by atoms with Crippen molar-refractivity contribution >= 4 is 64.2 Å². The number of pyridine rings is 1. The molecule has 3 heterocycles. The van der Waals surface area contributed by atoms with Gasteiger partial charge in [-0.15, -0.1) is 0 Å². The van der Waals surface area contributed by atoms with Gasteiger partial charge >= 0.3 is 11.4 Å². The van der Waals surface area contributed by atoms with Crippen molar-refractivity contribution in [1.29, 1.82) is 0 Å². The third-order valence-corrected chi connectivity index (χ3v) is 10.5. The molecule has 3 aromatic rings. The minimum Gasteiger partial charge on any atom is -0.492 e. The predicted octanol–water partition coefficient (Wildman–Crippen LogP) is 6.71. The van der Waals surface area contributed by atoms with Crippen LogP contribution >= 0.6 is 46.6 Å². The number of aromatic amines is 1. The number of nitrogens with zero attached hydrogens (tertiary/aromatic N) is 3. The molecule has 1 aliphatic carbocycles. The number of benzene rings is 2. The van der Waals surface area contributed by atoms with E-state index in [1.807, 2.05) is 4.98 Å². The number of carbonyl (C=O) groups is 2. The average Bonchev–Trinajstić information content (AvgIpc) is 3.76. The first-order valence-corrected chi connectivity index (χ1v) is 16.1. The summed E-state index contributed by atoms with van der Waals surface area (Å²) >= 11 is 18.6. The molecule has 2 aliphatic heterocycles. The summed E-state index contributed by atoms with van der Waals surface area (Å²) in [5, 5.41) is 5.74. The molecule has 3 amide bonds. The number of hydrogen-bond donors (Lipinski definition) is 2. The summed E-state index contributed by atoms with van der Waals surface area (Å²) < 4.78 is 49.7. The third kappa shape index (κ3) is 5.92. The Hall–Kier alpha value is -3.10. The van der Waals surface area contributed by atoms with Gasteiger partial charge in [0.15, 0.2) is 11.6 Å². The highest BCUT2D eigenvalue weighted by Gasteiger charge is 2.40. The monoisotopic (exact) mass is 716 g/mol. The summed E-state index contributed by atoms with van der Waals surface area (Å²) in [4.78, 5) is 46.8. The molecular formula is C30H26Cl3F3N4O5S. The second-order valence-electron chi connectivity index (χ2n) is 11.1. The van der Waals surface area contributed by atoms with Crippen molar-refractivity contribution in [3.05, 3.63) is 78.4 Å². The first-order valence-electron chi connectivity index (χ1n) is 14.2. The molecule has 1 aromatic heterocycles. The number of nitrogens with one attached hydrogen (secondary N) is 1. The lowest BCUT2D eigenvalue weighted by Crippen LogP contribution is -2.50. The quantitative estimate of drug-likeness (QED) is 0.251. The second-order valence-corrected chi connectivity index (χ2v) is 13.4. The number of amides is 3. The maximum Gasteiger partial charge on any atom is 0.362 e. The molecule has 16 heteroatoms. The highest BCUT2D eigenvalue weighted by atomic mass is 35.5. The Morgan fingerprint density at radius 3 is 2.57 bits per heavy atom. The van der Waals surface area contributed by atoms with Crippen molar-refractivity contribution in [2.75, 3.05) is 25.1 Å². The predicted molar refractivity (Wildman–Crippen MR) is 167 cm³/mol. The van der Waals surface area contributed by atoms with Gasteiger partial charge in [0.2, 0.25) is 0 Å². The van der Waals surface area contributed by atoms with E-state index in [1.165, 1.54) is 29.0 Å².